The topological polar surface area (TPSA) is 172 Å². The first-order valence-electron chi connectivity index (χ1n) is 24.6. The average Bonchev–Trinajstić information content (AvgIpc) is 4.06. The predicted octanol–water partition coefficient (Wildman–Crippen LogP) is 5.86. The molecule has 19 heteroatoms. The number of carbonyl (C=O) groups is 3. The van der Waals surface area contributed by atoms with Gasteiger partial charge >= 0.3 is 17.7 Å². The molecule has 0 aliphatic carbocycles. The van der Waals surface area contributed by atoms with E-state index in [1.54, 1.807) is 35.4 Å². The molecule has 370 valence electrons. The number of piperidine rings is 2. The van der Waals surface area contributed by atoms with Crippen molar-refractivity contribution in [3.63, 3.8) is 0 Å². The lowest BCUT2D eigenvalue weighted by molar-refractivity contribution is -0.134. The molecule has 7 aromatic rings. The number of carbonyl (C=O) groups excluding carboxylic acids is 3. The van der Waals surface area contributed by atoms with Crippen molar-refractivity contribution in [2.24, 2.45) is 14.1 Å². The first kappa shape index (κ1) is 46.5. The number of amides is 4. The van der Waals surface area contributed by atoms with E-state index in [-0.39, 0.29) is 48.6 Å². The van der Waals surface area contributed by atoms with Crippen LogP contribution < -0.4 is 35.3 Å². The number of rotatable bonds is 11. The molecule has 4 aliphatic heterocycles. The Labute approximate surface area is 415 Å². The minimum absolute atomic E-state index is 0.151. The fraction of sp³-hybridized carbons (Fsp3) is 0.358. The summed E-state index contributed by atoms with van der Waals surface area (Å²) in [5.41, 5.74) is 8.94. The van der Waals surface area contributed by atoms with Gasteiger partial charge in [0.2, 0.25) is 11.8 Å². The smallest absolute Gasteiger partial charge is 0.353 e. The largest absolute Gasteiger partial charge is 0.467 e. The molecule has 0 saturated carbocycles. The molecule has 0 bridgehead atoms. The van der Waals surface area contributed by atoms with Crippen molar-refractivity contribution in [2.75, 3.05) is 79.1 Å². The zero-order valence-corrected chi connectivity index (χ0v) is 40.7. The molecule has 0 radical (unpaired) electrons. The molecule has 18 nitrogen and oxygen atoms in total. The van der Waals surface area contributed by atoms with Crippen LogP contribution >= 0.6 is 0 Å². The Kier molecular flexibility index (Phi) is 12.3. The standard InChI is InChI=1S/C53H56FN13O5/c1-5-37-39(19-22-56-49(37)66-29-28-65(53(66)71)36-8-7-21-55-31-36)38-16-15-35(67-51(72-4)59-61(3)52(67)70)30-42(38)33-11-13-34(14-12-33)64-23-20-44(43(54)32-64)62-24-26-63(27-25-62)45-10-6-9-40-47(58-60(2)48(40)45)41-17-18-46(68)57-50(41)69/h6-16,19,21-22,30-31,41,43-44H,5,17-18,20,23-29,32H2,1-4H3,(H,57,68,69)/t41?,43-,44+/m0/s1. The number of nitrogens with one attached hydrogen (secondary N) is 1. The Morgan fingerprint density at radius 3 is 2.28 bits per heavy atom. The number of benzene rings is 3. The Morgan fingerprint density at radius 1 is 0.750 bits per heavy atom. The normalized spacial score (nSPS) is 20.0. The number of piperazine rings is 1. The molecule has 1 unspecified atom stereocenters. The van der Waals surface area contributed by atoms with Crippen molar-refractivity contribution in [1.29, 1.82) is 0 Å². The van der Waals surface area contributed by atoms with Gasteiger partial charge in [0.15, 0.2) is 0 Å². The first-order chi connectivity index (χ1) is 35.0. The van der Waals surface area contributed by atoms with Gasteiger partial charge < -0.3 is 14.5 Å². The van der Waals surface area contributed by atoms with Gasteiger partial charge in [-0.05, 0) is 90.0 Å². The number of hydrogen-bond donors (Lipinski definition) is 1. The van der Waals surface area contributed by atoms with Gasteiger partial charge in [-0.2, -0.15) is 5.10 Å². The molecule has 4 aromatic heterocycles. The van der Waals surface area contributed by atoms with Crippen LogP contribution in [0.2, 0.25) is 0 Å². The maximum Gasteiger partial charge on any atom is 0.353 e. The second-order valence-corrected chi connectivity index (χ2v) is 18.8. The summed E-state index contributed by atoms with van der Waals surface area (Å²) in [4.78, 5) is 71.2. The molecule has 4 amide bonds. The number of urea groups is 1. The quantitative estimate of drug-likeness (QED) is 0.154. The van der Waals surface area contributed by atoms with Gasteiger partial charge in [-0.15, -0.1) is 5.10 Å². The van der Waals surface area contributed by atoms with Crippen molar-refractivity contribution in [2.45, 2.75) is 50.7 Å². The van der Waals surface area contributed by atoms with Gasteiger partial charge in [0.05, 0.1) is 54.0 Å². The van der Waals surface area contributed by atoms with E-state index in [2.05, 4.69) is 43.1 Å². The number of hydrogen-bond acceptors (Lipinski definition) is 12. The van der Waals surface area contributed by atoms with Crippen molar-refractivity contribution >= 4 is 51.6 Å². The third-order valence-corrected chi connectivity index (χ3v) is 14.9. The number of aryl methyl sites for hydroxylation is 2. The van der Waals surface area contributed by atoms with Crippen LogP contribution in [0.25, 0.3) is 38.8 Å². The molecule has 72 heavy (non-hydrogen) atoms. The third-order valence-electron chi connectivity index (χ3n) is 14.9. The first-order valence-corrected chi connectivity index (χ1v) is 24.6. The molecule has 0 spiro atoms. The second kappa shape index (κ2) is 19.0. The van der Waals surface area contributed by atoms with Crippen LogP contribution in [0.5, 0.6) is 6.01 Å². The van der Waals surface area contributed by atoms with Gasteiger partial charge in [-0.25, -0.2) is 28.2 Å². The van der Waals surface area contributed by atoms with E-state index in [0.717, 1.165) is 68.9 Å². The molecule has 3 aromatic carbocycles. The van der Waals surface area contributed by atoms with Crippen LogP contribution in [0.15, 0.2) is 102 Å². The number of fused-ring (bicyclic) bond motifs is 1. The molecule has 4 saturated heterocycles. The van der Waals surface area contributed by atoms with Crippen molar-refractivity contribution in [1.82, 2.24) is 44.3 Å². The summed E-state index contributed by atoms with van der Waals surface area (Å²) in [6.07, 6.45) is 6.04. The fourth-order valence-corrected chi connectivity index (χ4v) is 11.2. The molecule has 1 N–H and O–H groups in total. The average molecular weight is 974 g/mol. The molecular formula is C53H56FN13O5. The van der Waals surface area contributed by atoms with Crippen LogP contribution in [0.1, 0.15) is 43.4 Å². The number of anilines is 4. The number of methoxy groups -OCH3 is 1. The summed E-state index contributed by atoms with van der Waals surface area (Å²) in [6.45, 7) is 6.84. The Bertz CT molecular complexity index is 3270. The molecule has 4 aliphatic rings. The number of ether oxygens (including phenoxy) is 1. The van der Waals surface area contributed by atoms with Gasteiger partial charge in [0, 0.05) is 101 Å². The minimum atomic E-state index is -1.06. The fourth-order valence-electron chi connectivity index (χ4n) is 11.2. The zero-order valence-electron chi connectivity index (χ0n) is 40.7. The van der Waals surface area contributed by atoms with Crippen molar-refractivity contribution < 1.29 is 23.5 Å². The number of aromatic nitrogens is 7. The molecule has 4 fully saturated rings. The maximum absolute atomic E-state index is 16.5. The number of para-hydroxylation sites is 1. The lowest BCUT2D eigenvalue weighted by Crippen LogP contribution is -2.58. The highest BCUT2D eigenvalue weighted by Gasteiger charge is 2.37. The van der Waals surface area contributed by atoms with E-state index in [0.29, 0.717) is 69.2 Å². The Hall–Kier alpha value is -7.93. The van der Waals surface area contributed by atoms with E-state index in [4.69, 9.17) is 14.8 Å². The van der Waals surface area contributed by atoms with Gasteiger partial charge in [-0.1, -0.05) is 37.3 Å². The van der Waals surface area contributed by atoms with E-state index in [1.807, 2.05) is 84.5 Å². The van der Waals surface area contributed by atoms with E-state index < -0.39 is 12.1 Å². The summed E-state index contributed by atoms with van der Waals surface area (Å²) in [6, 6.07) is 25.5. The highest BCUT2D eigenvalue weighted by Crippen LogP contribution is 2.41. The third kappa shape index (κ3) is 8.20. The molecule has 8 heterocycles. The summed E-state index contributed by atoms with van der Waals surface area (Å²) >= 11 is 0. The Morgan fingerprint density at radius 2 is 1.54 bits per heavy atom. The SMILES string of the molecule is CCc1c(-c2ccc(-n3c(OC)nn(C)c3=O)cc2-c2ccc(N3CC[C@@H](N4CCN(c5cccc6c(C7CCC(=O)NC7=O)nn(C)c56)CC4)[C@@H](F)C3)cc2)ccnc1N1CCN(c2cccnc2)C1=O. The lowest BCUT2D eigenvalue weighted by atomic mass is 9.90. The summed E-state index contributed by atoms with van der Waals surface area (Å²) in [7, 11) is 4.95. The highest BCUT2D eigenvalue weighted by atomic mass is 19.1. The van der Waals surface area contributed by atoms with E-state index >= 15 is 4.39 Å². The lowest BCUT2D eigenvalue weighted by Gasteiger charge is -2.45. The monoisotopic (exact) mass is 973 g/mol. The summed E-state index contributed by atoms with van der Waals surface area (Å²) in [5, 5.41) is 12.5. The predicted molar refractivity (Wildman–Crippen MR) is 273 cm³/mol. The molecule has 11 rings (SSSR count). The number of halogens is 1. The van der Waals surface area contributed by atoms with E-state index in [9.17, 15) is 19.2 Å². The van der Waals surface area contributed by atoms with Crippen LogP contribution in [0, 0.1) is 0 Å². The van der Waals surface area contributed by atoms with Crippen molar-refractivity contribution in [3.05, 3.63) is 119 Å². The minimum Gasteiger partial charge on any atom is -0.467 e. The van der Waals surface area contributed by atoms with Gasteiger partial charge in [0.25, 0.3) is 0 Å². The van der Waals surface area contributed by atoms with Crippen molar-refractivity contribution in [3.8, 4) is 34.0 Å². The maximum atomic E-state index is 16.5. The van der Waals surface area contributed by atoms with Gasteiger partial charge in [-0.3, -0.25) is 39.3 Å². The number of imide groups is 1. The van der Waals surface area contributed by atoms with Crippen LogP contribution in [-0.2, 0) is 30.1 Å². The van der Waals surface area contributed by atoms with Gasteiger partial charge in [0.1, 0.15) is 12.0 Å². The van der Waals surface area contributed by atoms with Crippen LogP contribution in [0.3, 0.4) is 0 Å². The highest BCUT2D eigenvalue weighted by molar-refractivity contribution is 6.07. The summed E-state index contributed by atoms with van der Waals surface area (Å²) < 4.78 is 26.5. The second-order valence-electron chi connectivity index (χ2n) is 18.8. The van der Waals surface area contributed by atoms with E-state index in [1.165, 1.54) is 16.4 Å². The molecule has 3 atom stereocenters. The van der Waals surface area contributed by atoms with Crippen LogP contribution in [0.4, 0.5) is 32.1 Å². The number of pyridine rings is 2. The zero-order chi connectivity index (χ0) is 49.8. The Balaban J connectivity index is 0.823. The molecular weight excluding hydrogens is 918 g/mol. The summed E-state index contributed by atoms with van der Waals surface area (Å²) in [5.74, 6) is -0.438. The van der Waals surface area contributed by atoms with Crippen LogP contribution in [-0.4, -0.2) is 129 Å². The number of alkyl halides is 1. The number of nitrogens with zero attached hydrogens (tertiary/aromatic N) is 12.